The van der Waals surface area contributed by atoms with Crippen LogP contribution < -0.4 is 5.73 Å². The minimum Gasteiger partial charge on any atom is -0.398 e. The lowest BCUT2D eigenvalue weighted by Crippen LogP contribution is -2.48. The smallest absolute Gasteiger partial charge is 0.398 e. The molecular formula is C13H15ClF3NO. The summed E-state index contributed by atoms with van der Waals surface area (Å²) in [4.78, 5) is 0. The Bertz CT molecular complexity index is 487. The molecule has 2 nitrogen and oxygen atoms in total. The lowest BCUT2D eigenvalue weighted by atomic mass is 9.78. The van der Waals surface area contributed by atoms with Crippen molar-refractivity contribution in [2.45, 2.75) is 31.5 Å². The third-order valence-electron chi connectivity index (χ3n) is 3.85. The lowest BCUT2D eigenvalue weighted by molar-refractivity contribution is -0.287. The number of hydrogen-bond donors (Lipinski definition) is 2. The maximum atomic E-state index is 13.4. The van der Waals surface area contributed by atoms with Crippen LogP contribution in [0.1, 0.15) is 25.3 Å². The molecule has 2 unspecified atom stereocenters. The Hall–Kier alpha value is -0.940. The average molecular weight is 294 g/mol. The van der Waals surface area contributed by atoms with Gasteiger partial charge in [-0.1, -0.05) is 18.5 Å². The first-order valence-electron chi connectivity index (χ1n) is 6.02. The lowest BCUT2D eigenvalue weighted by Gasteiger charge is -2.37. The maximum Gasteiger partial charge on any atom is 0.421 e. The van der Waals surface area contributed by atoms with Crippen molar-refractivity contribution in [2.75, 3.05) is 5.73 Å². The summed E-state index contributed by atoms with van der Waals surface area (Å²) in [6, 6.07) is 3.79. The second kappa shape index (κ2) is 4.56. The molecule has 1 aromatic rings. The number of rotatable bonds is 3. The molecule has 0 amide bonds. The quantitative estimate of drug-likeness (QED) is 0.834. The molecule has 0 bridgehead atoms. The van der Waals surface area contributed by atoms with Crippen LogP contribution in [-0.4, -0.2) is 11.3 Å². The van der Waals surface area contributed by atoms with Crippen LogP contribution in [0, 0.1) is 11.8 Å². The second-order valence-electron chi connectivity index (χ2n) is 5.12. The van der Waals surface area contributed by atoms with Crippen LogP contribution in [0.25, 0.3) is 0 Å². The third-order valence-corrected chi connectivity index (χ3v) is 4.08. The van der Waals surface area contributed by atoms with E-state index in [1.165, 1.54) is 19.1 Å². The molecular weight excluding hydrogens is 279 g/mol. The van der Waals surface area contributed by atoms with Gasteiger partial charge in [-0.05, 0) is 37.0 Å². The number of hydrogen-bond acceptors (Lipinski definition) is 2. The molecule has 0 heterocycles. The molecule has 0 aromatic heterocycles. The van der Waals surface area contributed by atoms with E-state index >= 15 is 0 Å². The van der Waals surface area contributed by atoms with Gasteiger partial charge in [0, 0.05) is 22.2 Å². The van der Waals surface area contributed by atoms with Crippen molar-refractivity contribution in [1.82, 2.24) is 0 Å². The molecule has 6 heteroatoms. The van der Waals surface area contributed by atoms with Gasteiger partial charge in [-0.25, -0.2) is 0 Å². The van der Waals surface area contributed by atoms with Gasteiger partial charge in [0.2, 0.25) is 0 Å². The number of nitrogens with two attached hydrogens (primary N) is 1. The van der Waals surface area contributed by atoms with Crippen LogP contribution in [0.5, 0.6) is 0 Å². The van der Waals surface area contributed by atoms with Crippen molar-refractivity contribution < 1.29 is 18.3 Å². The Balaban J connectivity index is 2.57. The van der Waals surface area contributed by atoms with E-state index in [0.29, 0.717) is 12.8 Å². The zero-order chi connectivity index (χ0) is 14.4. The van der Waals surface area contributed by atoms with Gasteiger partial charge >= 0.3 is 6.18 Å². The van der Waals surface area contributed by atoms with Crippen LogP contribution in [0.15, 0.2) is 18.2 Å². The number of nitrogen functional groups attached to an aromatic ring is 1. The summed E-state index contributed by atoms with van der Waals surface area (Å²) in [6.07, 6.45) is -3.41. The van der Waals surface area contributed by atoms with E-state index in [1.54, 1.807) is 0 Å². The molecule has 1 aliphatic carbocycles. The highest BCUT2D eigenvalue weighted by molar-refractivity contribution is 6.30. The Morgan fingerprint density at radius 3 is 2.42 bits per heavy atom. The summed E-state index contributed by atoms with van der Waals surface area (Å²) in [5.41, 5.74) is 2.20. The fraction of sp³-hybridized carbons (Fsp3) is 0.538. The number of benzene rings is 1. The van der Waals surface area contributed by atoms with Crippen LogP contribution in [0.2, 0.25) is 5.02 Å². The normalized spacial score (nSPS) is 20.9. The predicted molar refractivity (Wildman–Crippen MR) is 67.7 cm³/mol. The molecule has 0 spiro atoms. The second-order valence-corrected chi connectivity index (χ2v) is 5.56. The minimum absolute atomic E-state index is 0.100. The molecule has 19 heavy (non-hydrogen) atoms. The minimum atomic E-state index is -4.80. The van der Waals surface area contributed by atoms with E-state index in [9.17, 15) is 18.3 Å². The topological polar surface area (TPSA) is 46.2 Å². The highest BCUT2D eigenvalue weighted by Crippen LogP contribution is 2.53. The predicted octanol–water partition coefficient (Wildman–Crippen LogP) is 3.72. The van der Waals surface area contributed by atoms with E-state index in [1.807, 2.05) is 0 Å². The molecule has 1 aromatic carbocycles. The molecule has 0 saturated heterocycles. The zero-order valence-electron chi connectivity index (χ0n) is 10.3. The Kier molecular flexibility index (Phi) is 3.47. The van der Waals surface area contributed by atoms with Gasteiger partial charge in [0.25, 0.3) is 0 Å². The number of alkyl halides is 3. The largest absolute Gasteiger partial charge is 0.421 e. The SMILES string of the molecule is CC(C1CC1)C(O)(c1cc(Cl)ccc1N)C(F)(F)F. The van der Waals surface area contributed by atoms with Gasteiger partial charge in [0.05, 0.1) is 0 Å². The van der Waals surface area contributed by atoms with Gasteiger partial charge in [-0.15, -0.1) is 0 Å². The molecule has 1 saturated carbocycles. The highest BCUT2D eigenvalue weighted by Gasteiger charge is 2.61. The Morgan fingerprint density at radius 1 is 1.37 bits per heavy atom. The first-order valence-corrected chi connectivity index (χ1v) is 6.40. The van der Waals surface area contributed by atoms with E-state index in [2.05, 4.69) is 0 Å². The molecule has 1 fully saturated rings. The van der Waals surface area contributed by atoms with Crippen molar-refractivity contribution >= 4 is 17.3 Å². The Morgan fingerprint density at radius 2 is 1.95 bits per heavy atom. The summed E-state index contributed by atoms with van der Waals surface area (Å²) < 4.78 is 40.2. The fourth-order valence-corrected chi connectivity index (χ4v) is 2.62. The molecule has 106 valence electrons. The number of aliphatic hydroxyl groups is 1. The zero-order valence-corrected chi connectivity index (χ0v) is 11.1. The van der Waals surface area contributed by atoms with Gasteiger partial charge < -0.3 is 10.8 Å². The first-order chi connectivity index (χ1) is 8.68. The van der Waals surface area contributed by atoms with Gasteiger partial charge in [0.15, 0.2) is 5.60 Å². The fourth-order valence-electron chi connectivity index (χ4n) is 2.45. The summed E-state index contributed by atoms with van der Waals surface area (Å²) >= 11 is 5.74. The molecule has 2 rings (SSSR count). The Labute approximate surface area is 114 Å². The van der Waals surface area contributed by atoms with Crippen LogP contribution >= 0.6 is 11.6 Å². The monoisotopic (exact) mass is 293 g/mol. The van der Waals surface area contributed by atoms with Crippen LogP contribution in [-0.2, 0) is 5.60 Å². The van der Waals surface area contributed by atoms with Crippen molar-refractivity contribution in [3.05, 3.63) is 28.8 Å². The highest BCUT2D eigenvalue weighted by atomic mass is 35.5. The summed E-state index contributed by atoms with van der Waals surface area (Å²) in [7, 11) is 0. The molecule has 0 aliphatic heterocycles. The van der Waals surface area contributed by atoms with E-state index in [4.69, 9.17) is 17.3 Å². The maximum absolute atomic E-state index is 13.4. The van der Waals surface area contributed by atoms with Gasteiger partial charge in [-0.3, -0.25) is 0 Å². The van der Waals surface area contributed by atoms with E-state index in [-0.39, 0.29) is 22.2 Å². The summed E-state index contributed by atoms with van der Waals surface area (Å²) in [5, 5.41) is 10.5. The van der Waals surface area contributed by atoms with Crippen molar-refractivity contribution in [2.24, 2.45) is 11.8 Å². The third kappa shape index (κ3) is 2.41. The standard InChI is InChI=1S/C13H15ClF3NO/c1-7(8-2-3-8)12(19,13(15,16)17)10-6-9(14)4-5-11(10)18/h4-8,19H,2-3,18H2,1H3. The first kappa shape index (κ1) is 14.5. The van der Waals surface area contributed by atoms with Crippen molar-refractivity contribution in [3.63, 3.8) is 0 Å². The molecule has 2 atom stereocenters. The van der Waals surface area contributed by atoms with Crippen molar-refractivity contribution in [3.8, 4) is 0 Å². The van der Waals surface area contributed by atoms with Crippen molar-refractivity contribution in [1.29, 1.82) is 0 Å². The molecule has 0 radical (unpaired) electrons. The van der Waals surface area contributed by atoms with Gasteiger partial charge in [-0.2, -0.15) is 13.2 Å². The number of halogens is 4. The van der Waals surface area contributed by atoms with Crippen LogP contribution in [0.4, 0.5) is 18.9 Å². The van der Waals surface area contributed by atoms with E-state index in [0.717, 1.165) is 6.07 Å². The van der Waals surface area contributed by atoms with Gasteiger partial charge in [0.1, 0.15) is 0 Å². The molecule has 1 aliphatic rings. The summed E-state index contributed by atoms with van der Waals surface area (Å²) in [6.45, 7) is 1.41. The van der Waals surface area contributed by atoms with Crippen LogP contribution in [0.3, 0.4) is 0 Å². The molecule has 3 N–H and O–H groups in total. The average Bonchev–Trinajstić information content (AvgIpc) is 3.12. The number of anilines is 1. The summed E-state index contributed by atoms with van der Waals surface area (Å²) in [5.74, 6) is -1.08. The van der Waals surface area contributed by atoms with E-state index < -0.39 is 17.7 Å².